The Bertz CT molecular complexity index is 979. The van der Waals surface area contributed by atoms with E-state index in [4.69, 9.17) is 4.74 Å². The topological polar surface area (TPSA) is 49.8 Å². The molecule has 2 saturated carbocycles. The molecule has 2 aromatic rings. The molecule has 28 heavy (non-hydrogen) atoms. The Hall–Kier alpha value is -2.17. The van der Waals surface area contributed by atoms with Gasteiger partial charge in [-0.3, -0.25) is 9.69 Å². The zero-order valence-corrected chi connectivity index (χ0v) is 16.4. The Kier molecular flexibility index (Phi) is 3.14. The van der Waals surface area contributed by atoms with Crippen LogP contribution in [0.3, 0.4) is 0 Å². The van der Waals surface area contributed by atoms with Crippen LogP contribution in [0.2, 0.25) is 0 Å². The normalized spacial score (nSPS) is 40.0. The van der Waals surface area contributed by atoms with Crippen molar-refractivity contribution in [1.82, 2.24) is 0 Å². The van der Waals surface area contributed by atoms with Crippen LogP contribution in [0, 0.1) is 44.4 Å². The third-order valence-electron chi connectivity index (χ3n) is 7.78. The lowest BCUT2D eigenvalue weighted by Gasteiger charge is -2.40. The number of anilines is 1. The highest BCUT2D eigenvalue weighted by Gasteiger charge is 2.79. The molecule has 4 nitrogen and oxygen atoms in total. The van der Waals surface area contributed by atoms with Crippen molar-refractivity contribution in [1.29, 1.82) is 0 Å². The van der Waals surface area contributed by atoms with Crippen LogP contribution < -0.4 is 4.90 Å². The van der Waals surface area contributed by atoms with Crippen molar-refractivity contribution in [3.05, 3.63) is 64.7 Å². The summed E-state index contributed by atoms with van der Waals surface area (Å²) in [6, 6.07) is 14.6. The molecule has 144 valence electrons. The summed E-state index contributed by atoms with van der Waals surface area (Å²) in [5, 5.41) is 10.8. The van der Waals surface area contributed by atoms with Crippen molar-refractivity contribution in [2.75, 3.05) is 4.90 Å². The molecule has 0 aromatic heterocycles. The number of benzene rings is 2. The lowest BCUT2D eigenvalue weighted by Crippen LogP contribution is -2.49. The highest BCUT2D eigenvalue weighted by Crippen LogP contribution is 2.71. The van der Waals surface area contributed by atoms with Crippen molar-refractivity contribution < 1.29 is 14.6 Å². The van der Waals surface area contributed by atoms with Gasteiger partial charge in [-0.05, 0) is 50.2 Å². The number of fused-ring (bicyclic) bond motifs is 2. The summed E-state index contributed by atoms with van der Waals surface area (Å²) in [5.74, 6) is 0.352. The van der Waals surface area contributed by atoms with Crippen molar-refractivity contribution in [3.63, 3.8) is 0 Å². The maximum absolute atomic E-state index is 13.8. The molecule has 2 aromatic carbocycles. The maximum Gasteiger partial charge on any atom is 0.233 e. The molecule has 2 bridgehead atoms. The molecular weight excluding hydrogens is 350 g/mol. The second kappa shape index (κ2) is 5.25. The zero-order chi connectivity index (χ0) is 19.4. The van der Waals surface area contributed by atoms with Crippen LogP contribution in [0.5, 0.6) is 0 Å². The molecule has 4 heteroatoms. The molecule has 2 saturated heterocycles. The number of para-hydroxylation sites is 1. The fraction of sp³-hybridized carbons (Fsp3) is 0.458. The Balaban J connectivity index is 1.64. The number of hydrogen-bond acceptors (Lipinski definition) is 3. The fourth-order valence-corrected chi connectivity index (χ4v) is 6.77. The first-order chi connectivity index (χ1) is 13.4. The summed E-state index contributed by atoms with van der Waals surface area (Å²) >= 11 is 0. The van der Waals surface area contributed by atoms with Crippen LogP contribution in [0.1, 0.15) is 28.7 Å². The molecule has 4 fully saturated rings. The van der Waals surface area contributed by atoms with Gasteiger partial charge < -0.3 is 9.84 Å². The van der Waals surface area contributed by atoms with Crippen LogP contribution in [-0.4, -0.2) is 23.2 Å². The third kappa shape index (κ3) is 1.73. The first kappa shape index (κ1) is 16.8. The van der Waals surface area contributed by atoms with E-state index < -0.39 is 11.8 Å². The molecule has 2 heterocycles. The molecule has 7 atom stereocenters. The van der Waals surface area contributed by atoms with Crippen LogP contribution in [-0.2, 0) is 15.3 Å². The van der Waals surface area contributed by atoms with Gasteiger partial charge in [0.2, 0.25) is 5.91 Å². The van der Waals surface area contributed by atoms with E-state index in [1.165, 1.54) is 5.56 Å². The van der Waals surface area contributed by atoms with Crippen molar-refractivity contribution in [2.45, 2.75) is 45.1 Å². The molecule has 6 rings (SSSR count). The first-order valence-corrected chi connectivity index (χ1v) is 10.3. The molecule has 7 unspecified atom stereocenters. The highest BCUT2D eigenvalue weighted by atomic mass is 16.6. The molecule has 0 radical (unpaired) electrons. The van der Waals surface area contributed by atoms with E-state index in [1.807, 2.05) is 11.0 Å². The van der Waals surface area contributed by atoms with E-state index >= 15 is 0 Å². The van der Waals surface area contributed by atoms with Crippen LogP contribution >= 0.6 is 0 Å². The van der Waals surface area contributed by atoms with Gasteiger partial charge >= 0.3 is 0 Å². The van der Waals surface area contributed by atoms with Crippen molar-refractivity contribution in [3.8, 4) is 0 Å². The highest BCUT2D eigenvalue weighted by molar-refractivity contribution is 6.02. The smallest absolute Gasteiger partial charge is 0.233 e. The number of carbonyl (C=O) groups is 1. The van der Waals surface area contributed by atoms with Gasteiger partial charge in [-0.25, -0.2) is 0 Å². The second-order valence-corrected chi connectivity index (χ2v) is 9.16. The van der Waals surface area contributed by atoms with Gasteiger partial charge in [0.05, 0.1) is 23.8 Å². The van der Waals surface area contributed by atoms with E-state index in [-0.39, 0.29) is 35.7 Å². The number of rotatable bonds is 2. The van der Waals surface area contributed by atoms with E-state index in [9.17, 15) is 9.90 Å². The number of aliphatic hydroxyl groups excluding tert-OH is 1. The summed E-state index contributed by atoms with van der Waals surface area (Å²) in [5.41, 5.74) is 4.54. The Morgan fingerprint density at radius 3 is 2.39 bits per heavy atom. The number of carbonyl (C=O) groups excluding carboxylic acids is 1. The third-order valence-corrected chi connectivity index (χ3v) is 7.78. The Morgan fingerprint density at radius 1 is 1.04 bits per heavy atom. The van der Waals surface area contributed by atoms with Crippen molar-refractivity contribution in [2.24, 2.45) is 23.7 Å². The summed E-state index contributed by atoms with van der Waals surface area (Å²) in [7, 11) is 0. The molecule has 2 aliphatic heterocycles. The number of amides is 1. The molecular formula is C24H25NO3. The quantitative estimate of drug-likeness (QED) is 0.875. The summed E-state index contributed by atoms with van der Waals surface area (Å²) in [6.45, 7) is 6.20. The van der Waals surface area contributed by atoms with Gasteiger partial charge in [0.1, 0.15) is 0 Å². The molecule has 2 aliphatic carbocycles. The Labute approximate surface area is 165 Å². The van der Waals surface area contributed by atoms with E-state index in [1.54, 1.807) is 0 Å². The average molecular weight is 375 g/mol. The number of nitrogens with zero attached hydrogens (tertiary/aromatic N) is 1. The monoisotopic (exact) mass is 375 g/mol. The van der Waals surface area contributed by atoms with Gasteiger partial charge in [0, 0.05) is 11.5 Å². The van der Waals surface area contributed by atoms with Crippen molar-refractivity contribution >= 4 is 11.6 Å². The van der Waals surface area contributed by atoms with Gasteiger partial charge in [-0.1, -0.05) is 48.0 Å². The first-order valence-electron chi connectivity index (χ1n) is 10.3. The fourth-order valence-electron chi connectivity index (χ4n) is 6.77. The number of ether oxygens (including phenoxy) is 1. The predicted octanol–water partition coefficient (Wildman–Crippen LogP) is 3.45. The summed E-state index contributed by atoms with van der Waals surface area (Å²) in [6.07, 6.45) is 0.205. The molecule has 1 amide bonds. The average Bonchev–Trinajstić information content (AvgIpc) is 3.33. The number of aliphatic hydroxyl groups is 1. The Morgan fingerprint density at radius 2 is 1.71 bits per heavy atom. The van der Waals surface area contributed by atoms with Gasteiger partial charge in [-0.2, -0.15) is 0 Å². The predicted molar refractivity (Wildman–Crippen MR) is 106 cm³/mol. The van der Waals surface area contributed by atoms with E-state index in [0.29, 0.717) is 0 Å². The number of hydrogen-bond donors (Lipinski definition) is 1. The standard InChI is InChI=1S/C24H25NO3/c1-12-7-9-15(10-8-12)24-19-17-11-16(21(26)22(17)28-24)18(19)23(27)25(24)20-13(2)5-4-6-14(20)3/h4-10,16-19,21-22,26H,11H2,1-3H3. The minimum atomic E-state index is -0.812. The largest absolute Gasteiger partial charge is 0.390 e. The van der Waals surface area contributed by atoms with E-state index in [0.717, 1.165) is 28.8 Å². The summed E-state index contributed by atoms with van der Waals surface area (Å²) < 4.78 is 6.76. The van der Waals surface area contributed by atoms with Crippen LogP contribution in [0.15, 0.2) is 42.5 Å². The van der Waals surface area contributed by atoms with E-state index in [2.05, 4.69) is 57.2 Å². The lowest BCUT2D eigenvalue weighted by molar-refractivity contribution is -0.133. The van der Waals surface area contributed by atoms with Gasteiger partial charge in [0.25, 0.3) is 0 Å². The SMILES string of the molecule is Cc1ccc(C23OC4C(O)C5CC4C2C5C(=O)N3c2c(C)cccc2C)cc1. The number of aryl methyl sites for hydroxylation is 3. The van der Waals surface area contributed by atoms with Gasteiger partial charge in [0.15, 0.2) is 5.72 Å². The minimum absolute atomic E-state index is 0.0224. The zero-order valence-electron chi connectivity index (χ0n) is 16.4. The molecule has 1 N–H and O–H groups in total. The van der Waals surface area contributed by atoms with Gasteiger partial charge in [-0.15, -0.1) is 0 Å². The molecule has 4 aliphatic rings. The maximum atomic E-state index is 13.8. The van der Waals surface area contributed by atoms with Crippen LogP contribution in [0.25, 0.3) is 0 Å². The minimum Gasteiger partial charge on any atom is -0.390 e. The molecule has 0 spiro atoms. The van der Waals surface area contributed by atoms with Crippen LogP contribution in [0.4, 0.5) is 5.69 Å². The summed E-state index contributed by atoms with van der Waals surface area (Å²) in [4.78, 5) is 15.8. The second-order valence-electron chi connectivity index (χ2n) is 9.16. The lowest BCUT2D eigenvalue weighted by atomic mass is 9.75.